The highest BCUT2D eigenvalue weighted by Gasteiger charge is 2.35. The van der Waals surface area contributed by atoms with Gasteiger partial charge in [-0.2, -0.15) is 0 Å². The number of halogens is 1. The van der Waals surface area contributed by atoms with Gasteiger partial charge in [0.05, 0.1) is 39.0 Å². The molecule has 0 bridgehead atoms. The van der Waals surface area contributed by atoms with Crippen molar-refractivity contribution >= 4 is 39.1 Å². The first-order valence-electron chi connectivity index (χ1n) is 14.8. The Hall–Kier alpha value is -4.16. The molecule has 3 aromatic carbocycles. The van der Waals surface area contributed by atoms with E-state index in [-0.39, 0.29) is 45.6 Å². The van der Waals surface area contributed by atoms with Crippen LogP contribution in [0.1, 0.15) is 38.2 Å². The Balaban J connectivity index is 1.78. The zero-order chi connectivity index (χ0) is 33.4. The number of hydrogen-bond acceptors (Lipinski definition) is 8. The maximum Gasteiger partial charge on any atom is 0.265 e. The van der Waals surface area contributed by atoms with Crippen LogP contribution in [0.4, 0.5) is 5.69 Å². The minimum atomic E-state index is -4.45. The van der Waals surface area contributed by atoms with E-state index in [1.165, 1.54) is 63.7 Å². The summed E-state index contributed by atoms with van der Waals surface area (Å²) in [4.78, 5) is 29.0. The van der Waals surface area contributed by atoms with Crippen LogP contribution in [0.25, 0.3) is 0 Å². The number of hydrogen-bond donors (Lipinski definition) is 1. The van der Waals surface area contributed by atoms with Crippen molar-refractivity contribution in [2.24, 2.45) is 0 Å². The van der Waals surface area contributed by atoms with Gasteiger partial charge in [-0.1, -0.05) is 36.6 Å². The number of amides is 2. The number of nitrogens with zero attached hydrogens (tertiary/aromatic N) is 2. The number of ether oxygens (including phenoxy) is 4. The fourth-order valence-electron chi connectivity index (χ4n) is 5.42. The summed E-state index contributed by atoms with van der Waals surface area (Å²) in [6.45, 7) is 0.986. The van der Waals surface area contributed by atoms with Crippen molar-refractivity contribution in [2.45, 2.75) is 56.1 Å². The average molecular weight is 674 g/mol. The van der Waals surface area contributed by atoms with E-state index in [0.717, 1.165) is 30.0 Å². The molecule has 2 amide bonds. The fourth-order valence-corrected chi connectivity index (χ4v) is 7.02. The van der Waals surface area contributed by atoms with Crippen LogP contribution in [0.15, 0.2) is 65.6 Å². The van der Waals surface area contributed by atoms with E-state index in [0.29, 0.717) is 17.1 Å². The SMILES string of the molecule is COc1cccc(CN(C(=O)CN(c2cc(Cl)ccc2OC)S(=O)(=O)c2ccc(OC)c(OC)c2)[C@@H](C)C(=O)NC2CCCC2)c1. The second-order valence-electron chi connectivity index (χ2n) is 10.9. The summed E-state index contributed by atoms with van der Waals surface area (Å²) in [5, 5.41) is 3.29. The predicted molar refractivity (Wildman–Crippen MR) is 175 cm³/mol. The lowest BCUT2D eigenvalue weighted by Gasteiger charge is -2.33. The van der Waals surface area contributed by atoms with E-state index in [2.05, 4.69) is 5.32 Å². The number of carbonyl (C=O) groups is 2. The smallest absolute Gasteiger partial charge is 0.265 e. The summed E-state index contributed by atoms with van der Waals surface area (Å²) in [6.07, 6.45) is 3.79. The number of methoxy groups -OCH3 is 4. The van der Waals surface area contributed by atoms with Crippen molar-refractivity contribution in [3.8, 4) is 23.0 Å². The molecule has 3 aromatic rings. The van der Waals surface area contributed by atoms with Crippen LogP contribution in [-0.4, -0.2) is 72.2 Å². The Morgan fingerprint density at radius 2 is 1.57 bits per heavy atom. The Labute approximate surface area is 275 Å². The molecule has 4 rings (SSSR count). The summed E-state index contributed by atoms with van der Waals surface area (Å²) in [7, 11) is 1.31. The van der Waals surface area contributed by atoms with Crippen LogP contribution in [0.3, 0.4) is 0 Å². The lowest BCUT2D eigenvalue weighted by atomic mass is 10.1. The van der Waals surface area contributed by atoms with Gasteiger partial charge in [-0.15, -0.1) is 0 Å². The number of anilines is 1. The van der Waals surface area contributed by atoms with Crippen molar-refractivity contribution in [3.63, 3.8) is 0 Å². The molecule has 0 heterocycles. The van der Waals surface area contributed by atoms with Gasteiger partial charge in [-0.3, -0.25) is 13.9 Å². The van der Waals surface area contributed by atoms with Gasteiger partial charge in [0.25, 0.3) is 10.0 Å². The average Bonchev–Trinajstić information content (AvgIpc) is 3.58. The molecule has 0 aromatic heterocycles. The van der Waals surface area contributed by atoms with E-state index in [1.54, 1.807) is 31.2 Å². The van der Waals surface area contributed by atoms with Crippen molar-refractivity contribution < 1.29 is 37.0 Å². The zero-order valence-electron chi connectivity index (χ0n) is 26.6. The highest BCUT2D eigenvalue weighted by atomic mass is 35.5. The van der Waals surface area contributed by atoms with Gasteiger partial charge in [-0.05, 0) is 67.8 Å². The molecule has 1 atom stereocenters. The maximum absolute atomic E-state index is 14.4. The molecule has 1 aliphatic carbocycles. The molecule has 1 saturated carbocycles. The lowest BCUT2D eigenvalue weighted by Crippen LogP contribution is -2.52. The van der Waals surface area contributed by atoms with E-state index in [9.17, 15) is 18.0 Å². The number of rotatable bonds is 14. The molecular weight excluding hydrogens is 634 g/mol. The first kappa shape index (κ1) is 34.7. The summed E-state index contributed by atoms with van der Waals surface area (Å²) >= 11 is 6.34. The number of sulfonamides is 1. The van der Waals surface area contributed by atoms with Crippen LogP contribution in [0.5, 0.6) is 23.0 Å². The van der Waals surface area contributed by atoms with Crippen molar-refractivity contribution in [1.82, 2.24) is 10.2 Å². The van der Waals surface area contributed by atoms with Crippen LogP contribution in [-0.2, 0) is 26.2 Å². The minimum Gasteiger partial charge on any atom is -0.497 e. The largest absolute Gasteiger partial charge is 0.497 e. The van der Waals surface area contributed by atoms with Gasteiger partial charge in [0.1, 0.15) is 24.1 Å². The molecule has 13 heteroatoms. The molecular formula is C33H40ClN3O8S. The summed E-state index contributed by atoms with van der Waals surface area (Å²) in [5.41, 5.74) is 0.741. The highest BCUT2D eigenvalue weighted by molar-refractivity contribution is 7.92. The van der Waals surface area contributed by atoms with Crippen molar-refractivity contribution in [1.29, 1.82) is 0 Å². The monoisotopic (exact) mass is 673 g/mol. The number of carbonyl (C=O) groups excluding carboxylic acids is 2. The van der Waals surface area contributed by atoms with Crippen molar-refractivity contribution in [2.75, 3.05) is 39.3 Å². The molecule has 1 fully saturated rings. The third-order valence-corrected chi connectivity index (χ3v) is 9.98. The Morgan fingerprint density at radius 1 is 0.891 bits per heavy atom. The van der Waals surface area contributed by atoms with E-state index < -0.39 is 28.5 Å². The van der Waals surface area contributed by atoms with E-state index in [4.69, 9.17) is 30.5 Å². The Morgan fingerprint density at radius 3 is 2.22 bits per heavy atom. The van der Waals surface area contributed by atoms with Gasteiger partial charge in [0.15, 0.2) is 11.5 Å². The Bertz CT molecular complexity index is 1650. The first-order valence-corrected chi connectivity index (χ1v) is 16.6. The molecule has 0 saturated heterocycles. The second kappa shape index (κ2) is 15.4. The second-order valence-corrected chi connectivity index (χ2v) is 13.2. The molecule has 0 spiro atoms. The molecule has 248 valence electrons. The molecule has 0 aliphatic heterocycles. The van der Waals surface area contributed by atoms with Gasteiger partial charge >= 0.3 is 0 Å². The lowest BCUT2D eigenvalue weighted by molar-refractivity contribution is -0.139. The molecule has 0 unspecified atom stereocenters. The van der Waals surface area contributed by atoms with Crippen LogP contribution < -0.4 is 28.6 Å². The summed E-state index contributed by atoms with van der Waals surface area (Å²) < 4.78 is 51.2. The van der Waals surface area contributed by atoms with E-state index >= 15 is 0 Å². The predicted octanol–water partition coefficient (Wildman–Crippen LogP) is 5.05. The molecule has 1 aliphatic rings. The normalized spacial score (nSPS) is 13.9. The third-order valence-electron chi connectivity index (χ3n) is 7.99. The van der Waals surface area contributed by atoms with Crippen LogP contribution in [0, 0.1) is 0 Å². The molecule has 46 heavy (non-hydrogen) atoms. The highest BCUT2D eigenvalue weighted by Crippen LogP contribution is 2.37. The first-order chi connectivity index (χ1) is 22.0. The van der Waals surface area contributed by atoms with Crippen LogP contribution >= 0.6 is 11.6 Å². The van der Waals surface area contributed by atoms with Gasteiger partial charge in [0.2, 0.25) is 11.8 Å². The van der Waals surface area contributed by atoms with Gasteiger partial charge in [0, 0.05) is 23.7 Å². The topological polar surface area (TPSA) is 124 Å². The third kappa shape index (κ3) is 7.97. The number of nitrogens with one attached hydrogen (secondary N) is 1. The minimum absolute atomic E-state index is 0.0201. The standard InChI is InChI=1S/C33H40ClN3O8S/c1-22(33(39)35-25-10-6-7-11-25)36(20-23-9-8-12-26(17-23)42-2)32(38)21-37(28-18-24(34)13-15-29(28)43-3)46(40,41)27-14-16-30(44-4)31(19-27)45-5/h8-9,12-19,22,25H,6-7,10-11,20-21H2,1-5H3,(H,35,39)/t22-/m0/s1. The quantitative estimate of drug-likeness (QED) is 0.252. The van der Waals surface area contributed by atoms with Gasteiger partial charge in [-0.25, -0.2) is 8.42 Å². The zero-order valence-corrected chi connectivity index (χ0v) is 28.2. The van der Waals surface area contributed by atoms with Crippen molar-refractivity contribution in [3.05, 3.63) is 71.2 Å². The van der Waals surface area contributed by atoms with E-state index in [1.807, 2.05) is 6.07 Å². The fraction of sp³-hybridized carbons (Fsp3) is 0.394. The number of benzene rings is 3. The maximum atomic E-state index is 14.4. The molecule has 1 N–H and O–H groups in total. The van der Waals surface area contributed by atoms with Gasteiger partial charge < -0.3 is 29.2 Å². The summed E-state index contributed by atoms with van der Waals surface area (Å²) in [5.74, 6) is 0.323. The molecule has 11 nitrogen and oxygen atoms in total. The van der Waals surface area contributed by atoms with Crippen LogP contribution in [0.2, 0.25) is 5.02 Å². The summed E-state index contributed by atoms with van der Waals surface area (Å²) in [6, 6.07) is 14.8. The Kier molecular flexibility index (Phi) is 11.6. The molecule has 0 radical (unpaired) electrons.